The summed E-state index contributed by atoms with van der Waals surface area (Å²) in [4.78, 5) is 44.2. The highest BCUT2D eigenvalue weighted by molar-refractivity contribution is 7.57. The van der Waals surface area contributed by atoms with Gasteiger partial charge in [0.25, 0.3) is 11.8 Å². The highest BCUT2D eigenvalue weighted by Crippen LogP contribution is 2.30. The van der Waals surface area contributed by atoms with Crippen molar-refractivity contribution in [2.24, 2.45) is 5.50 Å². The van der Waals surface area contributed by atoms with Crippen LogP contribution in [0.1, 0.15) is 37.4 Å². The molecule has 1 heterocycles. The number of hydrogen-bond acceptors (Lipinski definition) is 8. The molecule has 10 nitrogen and oxygen atoms in total. The average molecular weight is 598 g/mol. The number of nitrogens with one attached hydrogen (secondary N) is 4. The zero-order valence-electron chi connectivity index (χ0n) is 22.7. The Hall–Kier alpha value is -4.58. The van der Waals surface area contributed by atoms with Gasteiger partial charge in [-0.25, -0.2) is 4.98 Å². The number of amides is 2. The lowest BCUT2D eigenvalue weighted by molar-refractivity contribution is -0.137. The molecule has 0 spiro atoms. The van der Waals surface area contributed by atoms with E-state index < -0.39 is 31.9 Å². The van der Waals surface area contributed by atoms with E-state index in [1.54, 1.807) is 44.3 Å². The van der Waals surface area contributed by atoms with E-state index in [1.165, 1.54) is 18.3 Å². The number of carbonyl (C=O) groups is 2. The molecule has 4 rings (SSSR count). The predicted molar refractivity (Wildman–Crippen MR) is 158 cm³/mol. The fourth-order valence-corrected chi connectivity index (χ4v) is 4.63. The number of aryl methyl sites for hydroxylation is 2. The molecular weight excluding hydrogens is 570 g/mol. The van der Waals surface area contributed by atoms with E-state index in [0.717, 1.165) is 23.8 Å². The van der Waals surface area contributed by atoms with Crippen LogP contribution in [-0.4, -0.2) is 33.7 Å². The standard InChI is InChI=1S/C28H27F3N7O3P/c1-15-7-9-19(35-25(39)17-5-4-6-18(11-17)28(29,30)31)12-22(15)37-26(40)21-14-34-27(38-24(21)33-3)36-20-10-8-16(2)23(13-20)42(32)41/h4-14,41H,32H2,1-3H3,(H,35,39)(H,37,40)(H2,33,34,36,38). The topological polar surface area (TPSA) is 154 Å². The van der Waals surface area contributed by atoms with Crippen LogP contribution in [0, 0.1) is 13.8 Å². The molecule has 0 bridgehead atoms. The van der Waals surface area contributed by atoms with Gasteiger partial charge in [-0.3, -0.25) is 15.1 Å². The van der Waals surface area contributed by atoms with Crippen LogP contribution >= 0.6 is 8.30 Å². The summed E-state index contributed by atoms with van der Waals surface area (Å²) in [6.07, 6.45) is -3.25. The first kappa shape index (κ1) is 30.4. The number of hydrogen-bond donors (Lipinski definition) is 6. The number of rotatable bonds is 8. The summed E-state index contributed by atoms with van der Waals surface area (Å²) >= 11 is 0. The summed E-state index contributed by atoms with van der Waals surface area (Å²) in [5, 5.41) is 11.8. The van der Waals surface area contributed by atoms with Crippen molar-refractivity contribution in [1.82, 2.24) is 9.97 Å². The van der Waals surface area contributed by atoms with Gasteiger partial charge in [0.1, 0.15) is 19.7 Å². The summed E-state index contributed by atoms with van der Waals surface area (Å²) in [5.74, 6) is -0.853. The van der Waals surface area contributed by atoms with E-state index in [9.17, 15) is 27.7 Å². The molecule has 1 atom stereocenters. The summed E-state index contributed by atoms with van der Waals surface area (Å²) in [7, 11) is -0.200. The van der Waals surface area contributed by atoms with E-state index in [4.69, 9.17) is 5.50 Å². The molecule has 1 unspecified atom stereocenters. The second kappa shape index (κ2) is 12.5. The molecule has 1 aromatic heterocycles. The third kappa shape index (κ3) is 7.19. The van der Waals surface area contributed by atoms with Crippen molar-refractivity contribution < 1.29 is 27.7 Å². The second-order valence-corrected chi connectivity index (χ2v) is 10.4. The lowest BCUT2D eigenvalue weighted by atomic mass is 10.1. The SMILES string of the molecule is CNc1nc(Nc2ccc(C)c(P(N)O)c2)ncc1C(=O)Nc1cc(NC(=O)c2cccc(C(F)(F)F)c2)ccc1C. The monoisotopic (exact) mass is 597 g/mol. The van der Waals surface area contributed by atoms with Gasteiger partial charge in [0.15, 0.2) is 0 Å². The van der Waals surface area contributed by atoms with Gasteiger partial charge in [0.2, 0.25) is 5.95 Å². The highest BCUT2D eigenvalue weighted by Gasteiger charge is 2.31. The first-order valence-corrected chi connectivity index (χ1v) is 13.8. The van der Waals surface area contributed by atoms with Gasteiger partial charge in [0, 0.05) is 41.2 Å². The molecule has 0 aliphatic heterocycles. The fraction of sp³-hybridized carbons (Fsp3) is 0.143. The number of nitrogens with zero attached hydrogens (tertiary/aromatic N) is 2. The molecule has 0 fully saturated rings. The van der Waals surface area contributed by atoms with Crippen LogP contribution in [0.5, 0.6) is 0 Å². The zero-order valence-corrected chi connectivity index (χ0v) is 23.6. The first-order valence-electron chi connectivity index (χ1n) is 12.4. The van der Waals surface area contributed by atoms with Gasteiger partial charge in [-0.2, -0.15) is 18.2 Å². The Morgan fingerprint density at radius 3 is 2.33 bits per heavy atom. The lowest BCUT2D eigenvalue weighted by Gasteiger charge is -2.15. The molecule has 0 aliphatic rings. The average Bonchev–Trinajstić information content (AvgIpc) is 2.95. The van der Waals surface area contributed by atoms with Crippen molar-refractivity contribution in [2.45, 2.75) is 20.0 Å². The van der Waals surface area contributed by atoms with Gasteiger partial charge >= 0.3 is 6.18 Å². The summed E-state index contributed by atoms with van der Waals surface area (Å²) in [6, 6.07) is 14.1. The molecule has 0 saturated heterocycles. The van der Waals surface area contributed by atoms with Crippen molar-refractivity contribution >= 4 is 54.2 Å². The van der Waals surface area contributed by atoms with Crippen LogP contribution in [0.25, 0.3) is 0 Å². The van der Waals surface area contributed by atoms with Gasteiger partial charge in [0.05, 0.1) is 5.56 Å². The Bertz CT molecular complexity index is 1650. The summed E-state index contributed by atoms with van der Waals surface area (Å²) < 4.78 is 39.1. The van der Waals surface area contributed by atoms with Crippen LogP contribution < -0.4 is 32.1 Å². The van der Waals surface area contributed by atoms with Crippen LogP contribution in [0.15, 0.2) is 66.9 Å². The lowest BCUT2D eigenvalue weighted by Crippen LogP contribution is -2.18. The van der Waals surface area contributed by atoms with E-state index in [1.807, 2.05) is 6.92 Å². The number of anilines is 5. The number of carbonyl (C=O) groups excluding carboxylic acids is 2. The number of nitrogens with two attached hydrogens (primary N) is 1. The Balaban J connectivity index is 1.50. The zero-order chi connectivity index (χ0) is 30.6. The number of benzene rings is 3. The molecule has 0 radical (unpaired) electrons. The molecule has 0 saturated carbocycles. The minimum Gasteiger partial charge on any atom is -0.372 e. The van der Waals surface area contributed by atoms with Crippen LogP contribution in [-0.2, 0) is 6.18 Å². The van der Waals surface area contributed by atoms with Gasteiger partial charge in [-0.15, -0.1) is 0 Å². The maximum absolute atomic E-state index is 13.2. The maximum atomic E-state index is 13.2. The van der Waals surface area contributed by atoms with E-state index in [0.29, 0.717) is 22.2 Å². The Kier molecular flexibility index (Phi) is 9.05. The van der Waals surface area contributed by atoms with E-state index in [-0.39, 0.29) is 28.6 Å². The van der Waals surface area contributed by atoms with E-state index >= 15 is 0 Å². The highest BCUT2D eigenvalue weighted by atomic mass is 31.2. The van der Waals surface area contributed by atoms with Gasteiger partial charge in [-0.1, -0.05) is 18.2 Å². The minimum atomic E-state index is -4.58. The fourth-order valence-electron chi connectivity index (χ4n) is 3.93. The number of alkyl halides is 3. The molecule has 2 amide bonds. The quantitative estimate of drug-likeness (QED) is 0.150. The number of aromatic nitrogens is 2. The van der Waals surface area contributed by atoms with Crippen LogP contribution in [0.2, 0.25) is 0 Å². The molecular formula is C28H27F3N7O3P. The van der Waals surface area contributed by atoms with Crippen LogP contribution in [0.3, 0.4) is 0 Å². The van der Waals surface area contributed by atoms with Gasteiger partial charge in [-0.05, 0) is 67.4 Å². The maximum Gasteiger partial charge on any atom is 0.416 e. The normalized spacial score (nSPS) is 11.9. The smallest absolute Gasteiger partial charge is 0.372 e. The summed E-state index contributed by atoms with van der Waals surface area (Å²) in [5.41, 5.74) is 7.45. The predicted octanol–water partition coefficient (Wildman–Crippen LogP) is 5.29. The minimum absolute atomic E-state index is 0.131. The Morgan fingerprint density at radius 2 is 1.64 bits per heavy atom. The molecule has 0 aliphatic carbocycles. The molecule has 4 aromatic rings. The molecule has 42 heavy (non-hydrogen) atoms. The van der Waals surface area contributed by atoms with Crippen molar-refractivity contribution in [3.8, 4) is 0 Å². The first-order chi connectivity index (χ1) is 19.8. The van der Waals surface area contributed by atoms with Gasteiger partial charge < -0.3 is 26.2 Å². The Morgan fingerprint density at radius 1 is 0.929 bits per heavy atom. The third-order valence-electron chi connectivity index (χ3n) is 6.18. The largest absolute Gasteiger partial charge is 0.416 e. The second-order valence-electron chi connectivity index (χ2n) is 9.19. The third-order valence-corrected chi connectivity index (χ3v) is 7.15. The molecule has 7 N–H and O–H groups in total. The Labute approximate surface area is 240 Å². The summed E-state index contributed by atoms with van der Waals surface area (Å²) in [6.45, 7) is 3.58. The number of halogens is 3. The molecule has 218 valence electrons. The van der Waals surface area contributed by atoms with Crippen LogP contribution in [0.4, 0.5) is 42.0 Å². The molecule has 14 heteroatoms. The van der Waals surface area contributed by atoms with Crippen molar-refractivity contribution in [3.05, 3.63) is 94.7 Å². The van der Waals surface area contributed by atoms with E-state index in [2.05, 4.69) is 31.2 Å². The van der Waals surface area contributed by atoms with Crippen molar-refractivity contribution in [1.29, 1.82) is 0 Å². The molecule has 3 aromatic carbocycles. The van der Waals surface area contributed by atoms with Crippen molar-refractivity contribution in [3.63, 3.8) is 0 Å². The van der Waals surface area contributed by atoms with Crippen molar-refractivity contribution in [2.75, 3.05) is 28.3 Å².